The maximum Gasteiger partial charge on any atom is 0.0292 e. The molecule has 1 nitrogen and oxygen atoms in total. The third-order valence-corrected chi connectivity index (χ3v) is 2.86. The van der Waals surface area contributed by atoms with Crippen LogP contribution in [-0.4, -0.2) is 0 Å². The summed E-state index contributed by atoms with van der Waals surface area (Å²) in [5, 5.41) is 0. The van der Waals surface area contributed by atoms with Gasteiger partial charge in [-0.05, 0) is 29.2 Å². The summed E-state index contributed by atoms with van der Waals surface area (Å²) in [5.74, 6) is 0. The van der Waals surface area contributed by atoms with Crippen LogP contribution in [-0.2, 0) is 0 Å². The van der Waals surface area contributed by atoms with Crippen molar-refractivity contribution in [2.24, 2.45) is 5.73 Å². The molecule has 1 heteroatoms. The first kappa shape index (κ1) is 10.9. The second kappa shape index (κ2) is 4.95. The maximum absolute atomic E-state index is 6.04. The zero-order valence-corrected chi connectivity index (χ0v) is 9.56. The number of rotatable bonds is 3. The number of benzene rings is 2. The molecule has 1 atom stereocenters. The summed E-state index contributed by atoms with van der Waals surface area (Å²) in [7, 11) is 0. The number of hydrogen-bond acceptors (Lipinski definition) is 1. The molecule has 0 aliphatic carbocycles. The fraction of sp³-hybridized carbons (Fsp3) is 0.200. The zero-order chi connectivity index (χ0) is 11.4. The molecule has 0 aromatic heterocycles. The van der Waals surface area contributed by atoms with Gasteiger partial charge in [0, 0.05) is 6.04 Å². The summed E-state index contributed by atoms with van der Waals surface area (Å²) in [5.41, 5.74) is 9.73. The first-order valence-electron chi connectivity index (χ1n) is 5.72. The SMILES string of the molecule is CC[C@@H](N)c1cccc(-c2ccccc2)c1. The van der Waals surface area contributed by atoms with Gasteiger partial charge in [-0.25, -0.2) is 0 Å². The highest BCUT2D eigenvalue weighted by molar-refractivity contribution is 5.64. The van der Waals surface area contributed by atoms with Crippen molar-refractivity contribution in [3.05, 3.63) is 60.2 Å². The maximum atomic E-state index is 6.04. The van der Waals surface area contributed by atoms with Gasteiger partial charge in [0.2, 0.25) is 0 Å². The van der Waals surface area contributed by atoms with Crippen molar-refractivity contribution in [3.8, 4) is 11.1 Å². The van der Waals surface area contributed by atoms with E-state index in [0.717, 1.165) is 6.42 Å². The molecule has 82 valence electrons. The molecule has 0 unspecified atom stereocenters. The summed E-state index contributed by atoms with van der Waals surface area (Å²) in [6.45, 7) is 2.11. The Morgan fingerprint density at radius 3 is 2.31 bits per heavy atom. The first-order chi connectivity index (χ1) is 7.81. The molecular formula is C15H17N. The fourth-order valence-corrected chi connectivity index (χ4v) is 1.82. The van der Waals surface area contributed by atoms with Crippen molar-refractivity contribution in [2.75, 3.05) is 0 Å². The van der Waals surface area contributed by atoms with Crippen molar-refractivity contribution in [1.82, 2.24) is 0 Å². The zero-order valence-electron chi connectivity index (χ0n) is 9.56. The molecule has 0 saturated carbocycles. The van der Waals surface area contributed by atoms with Crippen molar-refractivity contribution < 1.29 is 0 Å². The van der Waals surface area contributed by atoms with Gasteiger partial charge in [-0.1, -0.05) is 55.5 Å². The second-order valence-corrected chi connectivity index (χ2v) is 4.01. The monoisotopic (exact) mass is 211 g/mol. The fourth-order valence-electron chi connectivity index (χ4n) is 1.82. The molecule has 2 rings (SSSR count). The summed E-state index contributed by atoms with van der Waals surface area (Å²) in [4.78, 5) is 0. The molecule has 0 saturated heterocycles. The summed E-state index contributed by atoms with van der Waals surface area (Å²) in [6.07, 6.45) is 0.970. The van der Waals surface area contributed by atoms with Gasteiger partial charge in [-0.3, -0.25) is 0 Å². The van der Waals surface area contributed by atoms with Crippen LogP contribution in [0.5, 0.6) is 0 Å². The molecule has 0 heterocycles. The third kappa shape index (κ3) is 2.31. The Labute approximate surface area is 96.9 Å². The summed E-state index contributed by atoms with van der Waals surface area (Å²) in [6, 6.07) is 19.0. The Morgan fingerprint density at radius 1 is 0.938 bits per heavy atom. The molecule has 2 aromatic carbocycles. The molecule has 0 bridgehead atoms. The van der Waals surface area contributed by atoms with E-state index in [-0.39, 0.29) is 6.04 Å². The van der Waals surface area contributed by atoms with E-state index >= 15 is 0 Å². The molecule has 0 radical (unpaired) electrons. The van der Waals surface area contributed by atoms with Crippen LogP contribution in [0.3, 0.4) is 0 Å². The third-order valence-electron chi connectivity index (χ3n) is 2.86. The number of nitrogens with two attached hydrogens (primary N) is 1. The van der Waals surface area contributed by atoms with Crippen LogP contribution >= 0.6 is 0 Å². The van der Waals surface area contributed by atoms with Crippen molar-refractivity contribution >= 4 is 0 Å². The minimum atomic E-state index is 0.142. The summed E-state index contributed by atoms with van der Waals surface area (Å²) < 4.78 is 0. The Morgan fingerprint density at radius 2 is 1.62 bits per heavy atom. The van der Waals surface area contributed by atoms with Gasteiger partial charge in [0.1, 0.15) is 0 Å². The lowest BCUT2D eigenvalue weighted by molar-refractivity contribution is 0.699. The van der Waals surface area contributed by atoms with E-state index in [1.54, 1.807) is 0 Å². The summed E-state index contributed by atoms with van der Waals surface area (Å²) >= 11 is 0. The first-order valence-corrected chi connectivity index (χ1v) is 5.72. The predicted octanol–water partition coefficient (Wildman–Crippen LogP) is 3.76. The molecule has 0 fully saturated rings. The highest BCUT2D eigenvalue weighted by Gasteiger charge is 2.04. The molecule has 0 amide bonds. The minimum Gasteiger partial charge on any atom is -0.324 e. The van der Waals surface area contributed by atoms with Crippen LogP contribution in [0.1, 0.15) is 24.9 Å². The van der Waals surface area contributed by atoms with Crippen LogP contribution in [0, 0.1) is 0 Å². The average Bonchev–Trinajstić information content (AvgIpc) is 2.39. The molecule has 0 aliphatic rings. The Bertz CT molecular complexity index is 448. The lowest BCUT2D eigenvalue weighted by atomic mass is 9.99. The van der Waals surface area contributed by atoms with Gasteiger partial charge in [0.25, 0.3) is 0 Å². The smallest absolute Gasteiger partial charge is 0.0292 e. The lowest BCUT2D eigenvalue weighted by Crippen LogP contribution is -2.08. The average molecular weight is 211 g/mol. The van der Waals surface area contributed by atoms with Gasteiger partial charge in [0.05, 0.1) is 0 Å². The van der Waals surface area contributed by atoms with E-state index in [4.69, 9.17) is 5.73 Å². The van der Waals surface area contributed by atoms with Crippen molar-refractivity contribution in [1.29, 1.82) is 0 Å². The Kier molecular flexibility index (Phi) is 3.37. The Balaban J connectivity index is 2.36. The molecule has 2 aromatic rings. The van der Waals surface area contributed by atoms with Crippen LogP contribution in [0.2, 0.25) is 0 Å². The lowest BCUT2D eigenvalue weighted by Gasteiger charge is -2.10. The van der Waals surface area contributed by atoms with Crippen LogP contribution in [0.15, 0.2) is 54.6 Å². The van der Waals surface area contributed by atoms with Gasteiger partial charge < -0.3 is 5.73 Å². The topological polar surface area (TPSA) is 26.0 Å². The van der Waals surface area contributed by atoms with E-state index in [1.807, 2.05) is 6.07 Å². The Hall–Kier alpha value is -1.60. The normalized spacial score (nSPS) is 12.4. The van der Waals surface area contributed by atoms with Gasteiger partial charge >= 0.3 is 0 Å². The van der Waals surface area contributed by atoms with Gasteiger partial charge in [-0.15, -0.1) is 0 Å². The second-order valence-electron chi connectivity index (χ2n) is 4.01. The predicted molar refractivity (Wildman–Crippen MR) is 69.1 cm³/mol. The molecule has 2 N–H and O–H groups in total. The van der Waals surface area contributed by atoms with Gasteiger partial charge in [0.15, 0.2) is 0 Å². The minimum absolute atomic E-state index is 0.142. The van der Waals surface area contributed by atoms with Crippen molar-refractivity contribution in [2.45, 2.75) is 19.4 Å². The van der Waals surface area contributed by atoms with E-state index in [0.29, 0.717) is 0 Å². The van der Waals surface area contributed by atoms with Crippen molar-refractivity contribution in [3.63, 3.8) is 0 Å². The van der Waals surface area contributed by atoms with E-state index in [9.17, 15) is 0 Å². The van der Waals surface area contributed by atoms with Crippen LogP contribution < -0.4 is 5.73 Å². The van der Waals surface area contributed by atoms with Crippen LogP contribution in [0.4, 0.5) is 0 Å². The van der Waals surface area contributed by atoms with E-state index in [2.05, 4.69) is 55.5 Å². The highest BCUT2D eigenvalue weighted by atomic mass is 14.6. The van der Waals surface area contributed by atoms with E-state index < -0.39 is 0 Å². The number of hydrogen-bond donors (Lipinski definition) is 1. The quantitative estimate of drug-likeness (QED) is 0.821. The standard InChI is InChI=1S/C15H17N/c1-2-15(16)14-10-6-9-13(11-14)12-7-4-3-5-8-12/h3-11,15H,2,16H2,1H3/t15-/m1/s1. The largest absolute Gasteiger partial charge is 0.324 e. The highest BCUT2D eigenvalue weighted by Crippen LogP contribution is 2.23. The molecule has 16 heavy (non-hydrogen) atoms. The molecule has 0 aliphatic heterocycles. The molecular weight excluding hydrogens is 194 g/mol. The van der Waals surface area contributed by atoms with Crippen LogP contribution in [0.25, 0.3) is 11.1 Å². The van der Waals surface area contributed by atoms with Gasteiger partial charge in [-0.2, -0.15) is 0 Å². The van der Waals surface area contributed by atoms with E-state index in [1.165, 1.54) is 16.7 Å². The molecule has 0 spiro atoms.